The van der Waals surface area contributed by atoms with Crippen LogP contribution >= 0.6 is 0 Å². The molecule has 0 N–H and O–H groups in total. The van der Waals surface area contributed by atoms with Crippen LogP contribution < -0.4 is 0 Å². The summed E-state index contributed by atoms with van der Waals surface area (Å²) in [5, 5.41) is 0. The van der Waals surface area contributed by atoms with E-state index in [1.54, 1.807) is 31.5 Å². The van der Waals surface area contributed by atoms with Gasteiger partial charge in [-0.3, -0.25) is 14.5 Å². The zero-order valence-corrected chi connectivity index (χ0v) is 20.8. The quantitative estimate of drug-likeness (QED) is 0.291. The van der Waals surface area contributed by atoms with Crippen molar-refractivity contribution in [1.82, 2.24) is 14.8 Å². The second-order valence-corrected chi connectivity index (χ2v) is 8.63. The van der Waals surface area contributed by atoms with Gasteiger partial charge in [-0.05, 0) is 50.6 Å². The fraction of sp³-hybridized carbons (Fsp3) is 0.286. The second kappa shape index (κ2) is 11.0. The van der Waals surface area contributed by atoms with E-state index in [0.29, 0.717) is 53.7 Å². The molecular weight excluding hydrogens is 456 g/mol. The predicted octanol–water partition coefficient (Wildman–Crippen LogP) is 4.48. The minimum absolute atomic E-state index is 0.113. The molecule has 0 saturated heterocycles. The Morgan fingerprint density at radius 1 is 1.28 bits per heavy atom. The Morgan fingerprint density at radius 3 is 2.86 bits per heavy atom. The van der Waals surface area contributed by atoms with E-state index >= 15 is 0 Å². The third-order valence-electron chi connectivity index (χ3n) is 5.83. The molecule has 1 aromatic heterocycles. The molecule has 0 saturated carbocycles. The molecule has 0 spiro atoms. The minimum atomic E-state index is -0.343. The van der Waals surface area contributed by atoms with Gasteiger partial charge in [0.1, 0.15) is 17.4 Å². The maximum atomic E-state index is 13.3. The Kier molecular flexibility index (Phi) is 7.63. The Balaban J connectivity index is 1.56. The molecule has 2 aliphatic heterocycles. The number of aromatic nitrogens is 1. The monoisotopic (exact) mass is 486 g/mol. The number of rotatable bonds is 9. The van der Waals surface area contributed by atoms with Crippen molar-refractivity contribution >= 4 is 23.5 Å². The average molecular weight is 487 g/mol. The number of carbonyl (C=O) groups is 2. The summed E-state index contributed by atoms with van der Waals surface area (Å²) in [6.45, 7) is 8.27. The molecule has 3 heterocycles. The van der Waals surface area contributed by atoms with Crippen molar-refractivity contribution < 1.29 is 19.1 Å². The van der Waals surface area contributed by atoms with Crippen molar-refractivity contribution in [2.45, 2.75) is 39.3 Å². The number of amidine groups is 1. The molecule has 0 unspecified atom stereocenters. The third kappa shape index (κ3) is 5.22. The standard InChI is InChI=1S/C28H30N4O4/c1-5-21(35-4)11-9-16-31-18-20-10-8-15-29-26(20)30-24(31)14-17-32-27(33)22-12-6-7-13-23(36-19(2)3)25(22)28(32)34/h5-6,8-13,15-16,19H,1,7,14,17-18H2,2-4H3/b16-9+,21-11+. The van der Waals surface area contributed by atoms with Gasteiger partial charge in [0.2, 0.25) is 0 Å². The van der Waals surface area contributed by atoms with E-state index in [2.05, 4.69) is 11.6 Å². The van der Waals surface area contributed by atoms with Crippen LogP contribution in [0.3, 0.4) is 0 Å². The predicted molar refractivity (Wildman–Crippen MR) is 138 cm³/mol. The highest BCUT2D eigenvalue weighted by molar-refractivity contribution is 6.22. The molecule has 2 amide bonds. The Morgan fingerprint density at radius 2 is 2.11 bits per heavy atom. The molecule has 3 aliphatic rings. The van der Waals surface area contributed by atoms with E-state index in [9.17, 15) is 9.59 Å². The van der Waals surface area contributed by atoms with E-state index < -0.39 is 0 Å². The van der Waals surface area contributed by atoms with Gasteiger partial charge in [0.25, 0.3) is 11.8 Å². The maximum Gasteiger partial charge on any atom is 0.265 e. The highest BCUT2D eigenvalue weighted by atomic mass is 16.5. The van der Waals surface area contributed by atoms with Crippen molar-refractivity contribution in [3.05, 3.63) is 95.8 Å². The summed E-state index contributed by atoms with van der Waals surface area (Å²) in [6.07, 6.45) is 15.1. The number of imide groups is 1. The summed E-state index contributed by atoms with van der Waals surface area (Å²) in [7, 11) is 1.58. The first-order chi connectivity index (χ1) is 17.4. The molecule has 8 heteroatoms. The summed E-state index contributed by atoms with van der Waals surface area (Å²) in [4.78, 5) is 38.9. The molecule has 1 aliphatic carbocycles. The van der Waals surface area contributed by atoms with Crippen LogP contribution in [0.5, 0.6) is 0 Å². The van der Waals surface area contributed by atoms with Crippen LogP contribution in [0.25, 0.3) is 0 Å². The van der Waals surface area contributed by atoms with E-state index in [4.69, 9.17) is 14.5 Å². The van der Waals surface area contributed by atoms with Gasteiger partial charge in [-0.1, -0.05) is 24.8 Å². The van der Waals surface area contributed by atoms with Crippen LogP contribution in [-0.2, 0) is 25.6 Å². The van der Waals surface area contributed by atoms with Crippen molar-refractivity contribution in [3.63, 3.8) is 0 Å². The number of hydrogen-bond donors (Lipinski definition) is 0. The van der Waals surface area contributed by atoms with Crippen molar-refractivity contribution in [2.24, 2.45) is 4.99 Å². The summed E-state index contributed by atoms with van der Waals surface area (Å²) in [5.74, 6) is 1.78. The highest BCUT2D eigenvalue weighted by Gasteiger charge is 2.40. The minimum Gasteiger partial charge on any atom is -0.497 e. The van der Waals surface area contributed by atoms with Crippen molar-refractivity contribution in [1.29, 1.82) is 0 Å². The number of hydrogen-bond acceptors (Lipinski definition) is 7. The molecule has 186 valence electrons. The molecule has 36 heavy (non-hydrogen) atoms. The van der Waals surface area contributed by atoms with Gasteiger partial charge in [-0.2, -0.15) is 0 Å². The normalized spacial score (nSPS) is 17.8. The van der Waals surface area contributed by atoms with E-state index in [-0.39, 0.29) is 24.5 Å². The van der Waals surface area contributed by atoms with Crippen molar-refractivity contribution in [2.75, 3.05) is 13.7 Å². The molecule has 0 fully saturated rings. The molecular formula is C28H30N4O4. The van der Waals surface area contributed by atoms with E-state index in [1.807, 2.05) is 55.3 Å². The summed E-state index contributed by atoms with van der Waals surface area (Å²) < 4.78 is 11.1. The first-order valence-corrected chi connectivity index (χ1v) is 11.9. The zero-order chi connectivity index (χ0) is 25.7. The Hall–Kier alpha value is -4.20. The van der Waals surface area contributed by atoms with Crippen molar-refractivity contribution in [3.8, 4) is 0 Å². The molecule has 0 radical (unpaired) electrons. The summed E-state index contributed by atoms with van der Waals surface area (Å²) >= 11 is 0. The van der Waals surface area contributed by atoms with Crippen LogP contribution in [0.2, 0.25) is 0 Å². The number of carbonyl (C=O) groups excluding carboxylic acids is 2. The lowest BCUT2D eigenvalue weighted by molar-refractivity contribution is -0.137. The first-order valence-electron chi connectivity index (χ1n) is 11.9. The number of nitrogens with zero attached hydrogens (tertiary/aromatic N) is 4. The lowest BCUT2D eigenvalue weighted by atomic mass is 10.1. The highest BCUT2D eigenvalue weighted by Crippen LogP contribution is 2.32. The Bertz CT molecular complexity index is 1250. The van der Waals surface area contributed by atoms with Gasteiger partial charge < -0.3 is 14.4 Å². The molecule has 1 aromatic rings. The second-order valence-electron chi connectivity index (χ2n) is 8.63. The first kappa shape index (κ1) is 24.9. The SMILES string of the molecule is C=C/C(=C\C=C\N1Cc2cccnc2N=C1CCN1C(=O)C2=C(C1=O)C(OC(C)C)=CCC=C2)OC. The van der Waals surface area contributed by atoms with Gasteiger partial charge in [-0.25, -0.2) is 9.98 Å². The van der Waals surface area contributed by atoms with Crippen LogP contribution in [-0.4, -0.2) is 52.2 Å². The lowest BCUT2D eigenvalue weighted by Gasteiger charge is -2.28. The van der Waals surface area contributed by atoms with Gasteiger partial charge in [0.15, 0.2) is 5.82 Å². The van der Waals surface area contributed by atoms with E-state index in [1.165, 1.54) is 4.90 Å². The van der Waals surface area contributed by atoms with E-state index in [0.717, 1.165) is 5.56 Å². The molecule has 0 aromatic carbocycles. The van der Waals surface area contributed by atoms with Gasteiger partial charge >= 0.3 is 0 Å². The smallest absolute Gasteiger partial charge is 0.265 e. The number of allylic oxidation sites excluding steroid dienone is 5. The molecule has 0 atom stereocenters. The zero-order valence-electron chi connectivity index (χ0n) is 20.8. The van der Waals surface area contributed by atoms with Gasteiger partial charge in [-0.15, -0.1) is 0 Å². The number of aliphatic imine (C=N–C) groups is 1. The Labute approximate surface area is 211 Å². The number of amides is 2. The fourth-order valence-electron chi connectivity index (χ4n) is 4.14. The topological polar surface area (TPSA) is 84.3 Å². The largest absolute Gasteiger partial charge is 0.497 e. The lowest BCUT2D eigenvalue weighted by Crippen LogP contribution is -2.37. The van der Waals surface area contributed by atoms with Crippen LogP contribution in [0.4, 0.5) is 5.82 Å². The number of fused-ring (bicyclic) bond motifs is 1. The fourth-order valence-corrected chi connectivity index (χ4v) is 4.14. The van der Waals surface area contributed by atoms with Crippen LogP contribution in [0, 0.1) is 0 Å². The number of methoxy groups -OCH3 is 1. The van der Waals surface area contributed by atoms with Gasteiger partial charge in [0.05, 0.1) is 30.9 Å². The molecule has 0 bridgehead atoms. The van der Waals surface area contributed by atoms with Gasteiger partial charge in [0, 0.05) is 30.9 Å². The number of pyridine rings is 1. The summed E-state index contributed by atoms with van der Waals surface area (Å²) in [5.41, 5.74) is 1.69. The summed E-state index contributed by atoms with van der Waals surface area (Å²) in [6, 6.07) is 3.85. The molecule has 8 nitrogen and oxygen atoms in total. The average Bonchev–Trinajstić information content (AvgIpc) is 2.99. The van der Waals surface area contributed by atoms with Crippen LogP contribution in [0.1, 0.15) is 32.3 Å². The molecule has 4 rings (SSSR count). The third-order valence-corrected chi connectivity index (χ3v) is 5.83. The number of ether oxygens (including phenoxy) is 2. The van der Waals surface area contributed by atoms with Crippen LogP contribution in [0.15, 0.2) is 95.2 Å². The maximum absolute atomic E-state index is 13.3.